The smallest absolute Gasteiger partial charge is 0.198 e. The Labute approximate surface area is 120 Å². The van der Waals surface area contributed by atoms with Gasteiger partial charge in [-0.25, -0.2) is 4.68 Å². The van der Waals surface area contributed by atoms with E-state index in [-0.39, 0.29) is 6.61 Å². The van der Waals surface area contributed by atoms with Gasteiger partial charge in [0, 0.05) is 19.6 Å². The van der Waals surface area contributed by atoms with Crippen molar-refractivity contribution in [3.63, 3.8) is 0 Å². The van der Waals surface area contributed by atoms with Crippen molar-refractivity contribution in [1.82, 2.24) is 19.2 Å². The van der Waals surface area contributed by atoms with Gasteiger partial charge in [-0.3, -0.25) is 4.90 Å². The van der Waals surface area contributed by atoms with E-state index >= 15 is 0 Å². The summed E-state index contributed by atoms with van der Waals surface area (Å²) >= 11 is 5.36. The van der Waals surface area contributed by atoms with E-state index in [1.165, 1.54) is 12.8 Å². The molecule has 1 aromatic rings. The zero-order valence-corrected chi connectivity index (χ0v) is 13.3. The molecule has 19 heavy (non-hydrogen) atoms. The molecule has 0 amide bonds. The zero-order valence-electron chi connectivity index (χ0n) is 12.5. The monoisotopic (exact) mass is 286 g/mol. The second-order valence-electron chi connectivity index (χ2n) is 4.98. The number of unbranched alkanes of at least 4 members (excludes halogenated alkanes) is 1. The zero-order chi connectivity index (χ0) is 14.4. The van der Waals surface area contributed by atoms with Crippen molar-refractivity contribution >= 4 is 12.2 Å². The van der Waals surface area contributed by atoms with Crippen molar-refractivity contribution in [2.75, 3.05) is 6.54 Å². The first-order valence-corrected chi connectivity index (χ1v) is 7.43. The predicted molar refractivity (Wildman–Crippen MR) is 79.3 cm³/mol. The molecule has 0 saturated heterocycles. The van der Waals surface area contributed by atoms with E-state index in [4.69, 9.17) is 12.2 Å². The van der Waals surface area contributed by atoms with Crippen LogP contribution in [-0.4, -0.2) is 36.9 Å². The van der Waals surface area contributed by atoms with E-state index in [9.17, 15) is 5.11 Å². The first-order chi connectivity index (χ1) is 9.04. The molecule has 5 nitrogen and oxygen atoms in total. The third-order valence-electron chi connectivity index (χ3n) is 3.60. The van der Waals surface area contributed by atoms with Crippen molar-refractivity contribution in [2.45, 2.75) is 59.4 Å². The molecule has 0 aromatic carbocycles. The van der Waals surface area contributed by atoms with Crippen molar-refractivity contribution in [1.29, 1.82) is 0 Å². The number of aliphatic hydroxyl groups excluding tert-OH is 1. The van der Waals surface area contributed by atoms with E-state index in [0.717, 1.165) is 13.0 Å². The van der Waals surface area contributed by atoms with Gasteiger partial charge in [0.15, 0.2) is 10.6 Å². The van der Waals surface area contributed by atoms with E-state index in [1.54, 1.807) is 4.57 Å². The van der Waals surface area contributed by atoms with Gasteiger partial charge < -0.3 is 9.67 Å². The van der Waals surface area contributed by atoms with Gasteiger partial charge in [-0.15, -0.1) is 0 Å². The third-order valence-corrected chi connectivity index (χ3v) is 4.09. The molecule has 1 N–H and O–H groups in total. The maximum atomic E-state index is 9.23. The molecule has 0 aliphatic rings. The van der Waals surface area contributed by atoms with Gasteiger partial charge >= 0.3 is 0 Å². The lowest BCUT2D eigenvalue weighted by atomic mass is 10.2. The quantitative estimate of drug-likeness (QED) is 0.745. The Bertz CT molecular complexity index is 440. The predicted octanol–water partition coefficient (Wildman–Crippen LogP) is 2.30. The molecule has 0 aliphatic heterocycles. The summed E-state index contributed by atoms with van der Waals surface area (Å²) in [5, 5.41) is 13.6. The first-order valence-electron chi connectivity index (χ1n) is 7.02. The highest BCUT2D eigenvalue weighted by molar-refractivity contribution is 7.71. The summed E-state index contributed by atoms with van der Waals surface area (Å²) in [6.07, 6.45) is 3.47. The van der Waals surface area contributed by atoms with Gasteiger partial charge in [-0.2, -0.15) is 5.10 Å². The Morgan fingerprint density at radius 3 is 2.58 bits per heavy atom. The first kappa shape index (κ1) is 16.3. The average molecular weight is 286 g/mol. The van der Waals surface area contributed by atoms with Crippen molar-refractivity contribution in [2.24, 2.45) is 7.05 Å². The summed E-state index contributed by atoms with van der Waals surface area (Å²) in [4.78, 5) is 2.40. The van der Waals surface area contributed by atoms with Crippen molar-refractivity contribution < 1.29 is 5.11 Å². The van der Waals surface area contributed by atoms with Crippen LogP contribution in [0.25, 0.3) is 0 Å². The molecule has 0 spiro atoms. The SMILES string of the molecule is CCCCN(Cn1nc(CO)n(C)c1=S)C(C)CC. The fourth-order valence-corrected chi connectivity index (χ4v) is 2.19. The third kappa shape index (κ3) is 4.12. The Morgan fingerprint density at radius 1 is 1.42 bits per heavy atom. The Morgan fingerprint density at radius 2 is 2.11 bits per heavy atom. The van der Waals surface area contributed by atoms with Crippen LogP contribution in [0.2, 0.25) is 0 Å². The molecule has 1 heterocycles. The van der Waals surface area contributed by atoms with Crippen molar-refractivity contribution in [3.8, 4) is 0 Å². The fourth-order valence-electron chi connectivity index (χ4n) is 1.98. The van der Waals surface area contributed by atoms with E-state index in [0.29, 0.717) is 23.3 Å². The topological polar surface area (TPSA) is 46.2 Å². The van der Waals surface area contributed by atoms with Crippen LogP contribution >= 0.6 is 12.2 Å². The fraction of sp³-hybridized carbons (Fsp3) is 0.846. The molecule has 1 rings (SSSR count). The standard InChI is InChI=1S/C13H26N4OS/c1-5-7-8-16(11(3)6-2)10-17-13(19)15(4)12(9-18)14-17/h11,18H,5-10H2,1-4H3. The number of rotatable bonds is 8. The number of nitrogens with zero attached hydrogens (tertiary/aromatic N) is 4. The highest BCUT2D eigenvalue weighted by atomic mass is 32.1. The summed E-state index contributed by atoms with van der Waals surface area (Å²) < 4.78 is 4.24. The van der Waals surface area contributed by atoms with Crippen LogP contribution in [0.3, 0.4) is 0 Å². The van der Waals surface area contributed by atoms with Gasteiger partial charge in [-0.05, 0) is 32.0 Å². The van der Waals surface area contributed by atoms with Crippen LogP contribution in [0.15, 0.2) is 0 Å². The number of aliphatic hydroxyl groups is 1. The van der Waals surface area contributed by atoms with Gasteiger partial charge in [0.25, 0.3) is 0 Å². The van der Waals surface area contributed by atoms with Crippen LogP contribution in [0.1, 0.15) is 45.9 Å². The molecule has 6 heteroatoms. The van der Waals surface area contributed by atoms with Crippen LogP contribution in [-0.2, 0) is 20.3 Å². The number of hydrogen-bond donors (Lipinski definition) is 1. The molecule has 0 fully saturated rings. The minimum Gasteiger partial charge on any atom is -0.388 e. The van der Waals surface area contributed by atoms with E-state index in [1.807, 2.05) is 11.7 Å². The summed E-state index contributed by atoms with van der Waals surface area (Å²) in [5.41, 5.74) is 0. The molecular formula is C13H26N4OS. The summed E-state index contributed by atoms with van der Waals surface area (Å²) in [5.74, 6) is 0.615. The maximum absolute atomic E-state index is 9.23. The van der Waals surface area contributed by atoms with Gasteiger partial charge in [0.1, 0.15) is 6.61 Å². The summed E-state index contributed by atoms with van der Waals surface area (Å²) in [7, 11) is 1.84. The minimum atomic E-state index is -0.0779. The maximum Gasteiger partial charge on any atom is 0.198 e. The molecule has 1 aromatic heterocycles. The van der Waals surface area contributed by atoms with E-state index in [2.05, 4.69) is 30.8 Å². The summed E-state index contributed by atoms with van der Waals surface area (Å²) in [6, 6.07) is 0.507. The van der Waals surface area contributed by atoms with Gasteiger partial charge in [0.05, 0.1) is 6.67 Å². The molecule has 1 unspecified atom stereocenters. The lowest BCUT2D eigenvalue weighted by Gasteiger charge is -2.27. The van der Waals surface area contributed by atoms with Crippen LogP contribution < -0.4 is 0 Å². The molecule has 1 atom stereocenters. The number of hydrogen-bond acceptors (Lipinski definition) is 4. The van der Waals surface area contributed by atoms with Crippen LogP contribution in [0, 0.1) is 4.77 Å². The summed E-state index contributed by atoms with van der Waals surface area (Å²) in [6.45, 7) is 8.30. The Kier molecular flexibility index (Phi) is 6.68. The van der Waals surface area contributed by atoms with E-state index < -0.39 is 0 Å². The lowest BCUT2D eigenvalue weighted by Crippen LogP contribution is -2.35. The normalized spacial score (nSPS) is 13.2. The highest BCUT2D eigenvalue weighted by Crippen LogP contribution is 2.09. The van der Waals surface area contributed by atoms with Gasteiger partial charge in [-0.1, -0.05) is 20.3 Å². The Balaban J connectivity index is 2.86. The van der Waals surface area contributed by atoms with Gasteiger partial charge in [0.2, 0.25) is 0 Å². The average Bonchev–Trinajstić information content (AvgIpc) is 2.70. The molecule has 0 aliphatic carbocycles. The molecule has 110 valence electrons. The minimum absolute atomic E-state index is 0.0779. The lowest BCUT2D eigenvalue weighted by molar-refractivity contribution is 0.145. The Hall–Kier alpha value is -0.720. The molecular weight excluding hydrogens is 260 g/mol. The molecule has 0 saturated carbocycles. The second kappa shape index (κ2) is 7.77. The van der Waals surface area contributed by atoms with Crippen molar-refractivity contribution in [3.05, 3.63) is 10.6 Å². The molecule has 0 radical (unpaired) electrons. The number of aromatic nitrogens is 3. The largest absolute Gasteiger partial charge is 0.388 e. The second-order valence-corrected chi connectivity index (χ2v) is 5.35. The van der Waals surface area contributed by atoms with Crippen LogP contribution in [0.5, 0.6) is 0 Å². The highest BCUT2D eigenvalue weighted by Gasteiger charge is 2.14. The molecule has 0 bridgehead atoms. The van der Waals surface area contributed by atoms with Crippen LogP contribution in [0.4, 0.5) is 0 Å².